The first-order valence-electron chi connectivity index (χ1n) is 8.45. The minimum absolute atomic E-state index is 0.0761. The molecule has 0 aliphatic carbocycles. The number of para-hydroxylation sites is 1. The molecule has 2 aliphatic heterocycles. The Labute approximate surface area is 147 Å². The molecule has 130 valence electrons. The van der Waals surface area contributed by atoms with Gasteiger partial charge in [0.2, 0.25) is 5.60 Å². The lowest BCUT2D eigenvalue weighted by Gasteiger charge is -2.30. The Hall–Kier alpha value is -3.06. The number of hydrogen-bond donors (Lipinski definition) is 1. The van der Waals surface area contributed by atoms with Gasteiger partial charge in [-0.15, -0.1) is 0 Å². The zero-order valence-electron chi connectivity index (χ0n) is 14.0. The van der Waals surface area contributed by atoms with Crippen LogP contribution < -0.4 is 5.56 Å². The molecule has 0 saturated carbocycles. The lowest BCUT2D eigenvalue weighted by atomic mass is 9.91. The number of esters is 1. The number of cyclic esters (lactones) is 1. The van der Waals surface area contributed by atoms with E-state index >= 15 is 0 Å². The fourth-order valence-electron chi connectivity index (χ4n) is 3.70. The number of ether oxygens (including phenoxy) is 1. The molecular weight excluding hydrogens is 334 g/mol. The van der Waals surface area contributed by atoms with Crippen LogP contribution in [0.5, 0.6) is 0 Å². The number of nitrogens with zero attached hydrogens (tertiary/aromatic N) is 3. The highest BCUT2D eigenvalue weighted by Gasteiger charge is 2.46. The Morgan fingerprint density at radius 2 is 2.08 bits per heavy atom. The summed E-state index contributed by atoms with van der Waals surface area (Å²) in [7, 11) is 0. The first kappa shape index (κ1) is 15.2. The van der Waals surface area contributed by atoms with Gasteiger partial charge in [0.1, 0.15) is 12.3 Å². The van der Waals surface area contributed by atoms with Crippen LogP contribution in [0.25, 0.3) is 22.4 Å². The molecule has 26 heavy (non-hydrogen) atoms. The van der Waals surface area contributed by atoms with Crippen LogP contribution in [-0.2, 0) is 28.3 Å². The van der Waals surface area contributed by atoms with E-state index < -0.39 is 11.6 Å². The van der Waals surface area contributed by atoms with Gasteiger partial charge in [0, 0.05) is 10.9 Å². The Kier molecular flexibility index (Phi) is 2.92. The van der Waals surface area contributed by atoms with Gasteiger partial charge in [-0.1, -0.05) is 25.1 Å². The normalized spacial score (nSPS) is 20.5. The third kappa shape index (κ3) is 1.80. The van der Waals surface area contributed by atoms with Crippen LogP contribution in [0.1, 0.15) is 30.2 Å². The van der Waals surface area contributed by atoms with Crippen molar-refractivity contribution in [1.82, 2.24) is 14.5 Å². The van der Waals surface area contributed by atoms with Crippen molar-refractivity contribution >= 4 is 16.9 Å². The van der Waals surface area contributed by atoms with Crippen molar-refractivity contribution in [2.75, 3.05) is 0 Å². The smallest absolute Gasteiger partial charge is 0.344 e. The van der Waals surface area contributed by atoms with Crippen molar-refractivity contribution in [2.24, 2.45) is 0 Å². The monoisotopic (exact) mass is 349 g/mol. The molecular formula is C19H15N3O4. The highest BCUT2D eigenvalue weighted by atomic mass is 16.6. The van der Waals surface area contributed by atoms with Gasteiger partial charge in [-0.05, 0) is 18.6 Å². The number of carbonyl (C=O) groups is 1. The SMILES string of the molecule is CC[C@@]1(O)C(=O)OCc2c1nc1n(c2=O)Cc2cc3ccccc3nc2-1. The summed E-state index contributed by atoms with van der Waals surface area (Å²) in [5, 5.41) is 11.8. The summed E-state index contributed by atoms with van der Waals surface area (Å²) < 4.78 is 6.57. The summed E-state index contributed by atoms with van der Waals surface area (Å²) in [4.78, 5) is 34.3. The maximum absolute atomic E-state index is 13.0. The maximum atomic E-state index is 13.0. The second-order valence-corrected chi connectivity index (χ2v) is 6.63. The van der Waals surface area contributed by atoms with Crippen LogP contribution in [0.2, 0.25) is 0 Å². The largest absolute Gasteiger partial charge is 0.458 e. The fourth-order valence-corrected chi connectivity index (χ4v) is 3.70. The average Bonchev–Trinajstić information content (AvgIpc) is 3.01. The van der Waals surface area contributed by atoms with Crippen LogP contribution in [0.15, 0.2) is 35.1 Å². The van der Waals surface area contributed by atoms with Gasteiger partial charge in [0.05, 0.1) is 23.3 Å². The maximum Gasteiger partial charge on any atom is 0.344 e. The van der Waals surface area contributed by atoms with Crippen LogP contribution in [-0.4, -0.2) is 25.6 Å². The molecule has 4 heterocycles. The van der Waals surface area contributed by atoms with Gasteiger partial charge >= 0.3 is 5.97 Å². The lowest BCUT2D eigenvalue weighted by Crippen LogP contribution is -2.45. The number of fused-ring (bicyclic) bond motifs is 5. The van der Waals surface area contributed by atoms with E-state index in [0.29, 0.717) is 18.1 Å². The van der Waals surface area contributed by atoms with Crippen molar-refractivity contribution < 1.29 is 14.6 Å². The topological polar surface area (TPSA) is 94.3 Å². The van der Waals surface area contributed by atoms with Crippen molar-refractivity contribution in [2.45, 2.75) is 32.1 Å². The molecule has 0 radical (unpaired) electrons. The molecule has 1 N–H and O–H groups in total. The summed E-state index contributed by atoms with van der Waals surface area (Å²) in [5.74, 6) is -0.384. The highest BCUT2D eigenvalue weighted by molar-refractivity contribution is 5.84. The predicted molar refractivity (Wildman–Crippen MR) is 92.3 cm³/mol. The molecule has 0 fully saturated rings. The van der Waals surface area contributed by atoms with Crippen molar-refractivity contribution in [3.05, 3.63) is 57.5 Å². The molecule has 0 amide bonds. The third-order valence-electron chi connectivity index (χ3n) is 5.19. The number of aliphatic hydroxyl groups is 1. The minimum Gasteiger partial charge on any atom is -0.458 e. The zero-order chi connectivity index (χ0) is 18.1. The van der Waals surface area contributed by atoms with E-state index in [0.717, 1.165) is 16.5 Å². The molecule has 1 aromatic carbocycles. The molecule has 1 atom stereocenters. The molecule has 7 heteroatoms. The number of benzene rings is 1. The fraction of sp³-hybridized carbons (Fsp3) is 0.263. The van der Waals surface area contributed by atoms with E-state index in [2.05, 4.69) is 9.97 Å². The summed E-state index contributed by atoms with van der Waals surface area (Å²) in [6.07, 6.45) is 0.0761. The molecule has 7 nitrogen and oxygen atoms in total. The van der Waals surface area contributed by atoms with Gasteiger partial charge in [0.25, 0.3) is 5.56 Å². The number of carbonyl (C=O) groups excluding carboxylic acids is 1. The molecule has 5 rings (SSSR count). The minimum atomic E-state index is -1.90. The van der Waals surface area contributed by atoms with Crippen LogP contribution in [0, 0.1) is 0 Å². The second-order valence-electron chi connectivity index (χ2n) is 6.63. The number of aromatic nitrogens is 3. The van der Waals surface area contributed by atoms with Gasteiger partial charge in [0.15, 0.2) is 5.82 Å². The molecule has 0 spiro atoms. The van der Waals surface area contributed by atoms with Crippen LogP contribution >= 0.6 is 0 Å². The van der Waals surface area contributed by atoms with Crippen molar-refractivity contribution in [1.29, 1.82) is 0 Å². The van der Waals surface area contributed by atoms with E-state index in [1.54, 1.807) is 6.92 Å². The molecule has 0 unspecified atom stereocenters. The standard InChI is InChI=1S/C19H15N3O4/c1-2-19(25)15-12(9-26-18(19)24)17(23)22-8-11-7-10-5-3-4-6-13(10)20-14(11)16(22)21-15/h3-7,25H,2,8-9H2,1H3/t19-/m0/s1. The summed E-state index contributed by atoms with van der Waals surface area (Å²) in [6.45, 7) is 1.84. The van der Waals surface area contributed by atoms with Crippen LogP contribution in [0.3, 0.4) is 0 Å². The first-order chi connectivity index (χ1) is 12.5. The van der Waals surface area contributed by atoms with E-state index in [1.165, 1.54) is 4.57 Å². The Morgan fingerprint density at radius 1 is 1.27 bits per heavy atom. The summed E-state index contributed by atoms with van der Waals surface area (Å²) >= 11 is 0. The second kappa shape index (κ2) is 4.98. The average molecular weight is 349 g/mol. The van der Waals surface area contributed by atoms with E-state index in [9.17, 15) is 14.7 Å². The summed E-state index contributed by atoms with van der Waals surface area (Å²) in [6, 6.07) is 9.70. The first-order valence-corrected chi connectivity index (χ1v) is 8.45. The molecule has 3 aromatic rings. The molecule has 0 bridgehead atoms. The van der Waals surface area contributed by atoms with Crippen molar-refractivity contribution in [3.8, 4) is 11.5 Å². The van der Waals surface area contributed by atoms with E-state index in [-0.39, 0.29) is 29.8 Å². The molecule has 2 aliphatic rings. The van der Waals surface area contributed by atoms with Crippen molar-refractivity contribution in [3.63, 3.8) is 0 Å². The quantitative estimate of drug-likeness (QED) is 0.523. The highest BCUT2D eigenvalue weighted by Crippen LogP contribution is 2.36. The zero-order valence-corrected chi connectivity index (χ0v) is 14.0. The van der Waals surface area contributed by atoms with Gasteiger partial charge in [-0.25, -0.2) is 14.8 Å². The molecule has 0 saturated heterocycles. The number of hydrogen-bond acceptors (Lipinski definition) is 6. The third-order valence-corrected chi connectivity index (χ3v) is 5.19. The van der Waals surface area contributed by atoms with E-state index in [4.69, 9.17) is 4.74 Å². The van der Waals surface area contributed by atoms with Gasteiger partial charge in [-0.2, -0.15) is 0 Å². The number of pyridine rings is 1. The molecule has 2 aromatic heterocycles. The van der Waals surface area contributed by atoms with Crippen LogP contribution in [0.4, 0.5) is 0 Å². The Morgan fingerprint density at radius 3 is 2.88 bits per heavy atom. The lowest BCUT2D eigenvalue weighted by molar-refractivity contribution is -0.172. The number of rotatable bonds is 1. The summed E-state index contributed by atoms with van der Waals surface area (Å²) in [5.41, 5.74) is 0.430. The van der Waals surface area contributed by atoms with Gasteiger partial charge in [-0.3, -0.25) is 9.36 Å². The predicted octanol–water partition coefficient (Wildman–Crippen LogP) is 1.47. The Bertz CT molecular complexity index is 1170. The Balaban J connectivity index is 1.81. The van der Waals surface area contributed by atoms with E-state index in [1.807, 2.05) is 30.3 Å². The van der Waals surface area contributed by atoms with Gasteiger partial charge < -0.3 is 9.84 Å².